The Bertz CT molecular complexity index is 435. The van der Waals surface area contributed by atoms with E-state index in [2.05, 4.69) is 15.9 Å². The van der Waals surface area contributed by atoms with E-state index < -0.39 is 10.0 Å². The largest absolute Gasteiger partial charge is 0.242 e. The molecule has 0 heterocycles. The topological polar surface area (TPSA) is 37.4 Å². The van der Waals surface area contributed by atoms with Gasteiger partial charge in [-0.05, 0) is 18.2 Å². The molecule has 1 rings (SSSR count). The van der Waals surface area contributed by atoms with Gasteiger partial charge in [-0.15, -0.1) is 0 Å². The molecule has 0 aromatic heterocycles. The van der Waals surface area contributed by atoms with Crippen molar-refractivity contribution >= 4 is 37.6 Å². The van der Waals surface area contributed by atoms with Crippen LogP contribution in [0.3, 0.4) is 0 Å². The molecule has 6 heteroatoms. The maximum absolute atomic E-state index is 11.9. The Balaban J connectivity index is 3.06. The lowest BCUT2D eigenvalue weighted by Crippen LogP contribution is -2.28. The molecule has 0 saturated carbocycles. The predicted molar refractivity (Wildman–Crippen MR) is 65.1 cm³/mol. The second-order valence-electron chi connectivity index (χ2n) is 2.97. The summed E-state index contributed by atoms with van der Waals surface area (Å²) in [5.41, 5.74) is 0. The summed E-state index contributed by atoms with van der Waals surface area (Å²) in [5, 5.41) is 1.02. The molecule has 0 radical (unpaired) electrons. The molecule has 0 amide bonds. The monoisotopic (exact) mass is 311 g/mol. The van der Waals surface area contributed by atoms with Crippen LogP contribution < -0.4 is 0 Å². The Kier molecular flexibility index (Phi) is 4.58. The van der Waals surface area contributed by atoms with Crippen LogP contribution in [0, 0.1) is 0 Å². The maximum Gasteiger partial charge on any atom is 0.242 e. The summed E-state index contributed by atoms with van der Waals surface area (Å²) in [7, 11) is -1.87. The molecule has 3 nitrogen and oxygen atoms in total. The van der Waals surface area contributed by atoms with Crippen molar-refractivity contribution < 1.29 is 8.42 Å². The van der Waals surface area contributed by atoms with E-state index in [9.17, 15) is 8.42 Å². The number of halogens is 2. The zero-order chi connectivity index (χ0) is 11.5. The van der Waals surface area contributed by atoms with Gasteiger partial charge in [0.15, 0.2) is 0 Å². The average molecular weight is 313 g/mol. The molecule has 0 spiro atoms. The van der Waals surface area contributed by atoms with E-state index in [1.54, 1.807) is 12.1 Å². The van der Waals surface area contributed by atoms with Crippen LogP contribution in [0.5, 0.6) is 0 Å². The van der Waals surface area contributed by atoms with Crippen molar-refractivity contribution in [2.45, 2.75) is 4.90 Å². The average Bonchev–Trinajstić information content (AvgIpc) is 2.18. The fourth-order valence-corrected chi connectivity index (χ4v) is 3.29. The standard InChI is InChI=1S/C9H11BrClNO2S/c1-12(6-5-10)15(13,14)9-4-2-3-8(11)7-9/h2-4,7H,5-6H2,1H3. The van der Waals surface area contributed by atoms with E-state index in [0.29, 0.717) is 16.9 Å². The van der Waals surface area contributed by atoms with Crippen LogP contribution in [0.15, 0.2) is 29.2 Å². The van der Waals surface area contributed by atoms with Gasteiger partial charge in [0.1, 0.15) is 0 Å². The van der Waals surface area contributed by atoms with Crippen molar-refractivity contribution in [2.24, 2.45) is 0 Å². The third kappa shape index (κ3) is 3.17. The van der Waals surface area contributed by atoms with Crippen molar-refractivity contribution in [1.29, 1.82) is 0 Å². The number of nitrogens with zero attached hydrogens (tertiary/aromatic N) is 1. The van der Waals surface area contributed by atoms with Gasteiger partial charge in [-0.2, -0.15) is 0 Å². The first-order valence-electron chi connectivity index (χ1n) is 4.26. The summed E-state index contributed by atoms with van der Waals surface area (Å²) < 4.78 is 25.1. The second kappa shape index (κ2) is 5.30. The van der Waals surface area contributed by atoms with Gasteiger partial charge in [0.05, 0.1) is 4.90 Å². The zero-order valence-corrected chi connectivity index (χ0v) is 11.3. The zero-order valence-electron chi connectivity index (χ0n) is 8.15. The van der Waals surface area contributed by atoms with Gasteiger partial charge < -0.3 is 0 Å². The highest BCUT2D eigenvalue weighted by molar-refractivity contribution is 9.09. The minimum Gasteiger partial charge on any atom is -0.207 e. The molecule has 0 aliphatic carbocycles. The molecule has 0 unspecified atom stereocenters. The molecule has 0 N–H and O–H groups in total. The van der Waals surface area contributed by atoms with Gasteiger partial charge in [0.25, 0.3) is 0 Å². The van der Waals surface area contributed by atoms with Crippen LogP contribution in [0.4, 0.5) is 0 Å². The van der Waals surface area contributed by atoms with E-state index in [1.165, 1.54) is 23.5 Å². The third-order valence-corrected chi connectivity index (χ3v) is 4.35. The highest BCUT2D eigenvalue weighted by atomic mass is 79.9. The van der Waals surface area contributed by atoms with Crippen LogP contribution in [0.25, 0.3) is 0 Å². The SMILES string of the molecule is CN(CCBr)S(=O)(=O)c1cccc(Cl)c1. The molecule has 15 heavy (non-hydrogen) atoms. The lowest BCUT2D eigenvalue weighted by molar-refractivity contribution is 0.489. The van der Waals surface area contributed by atoms with E-state index in [0.717, 1.165) is 0 Å². The Morgan fingerprint density at radius 2 is 2.13 bits per heavy atom. The fraction of sp³-hybridized carbons (Fsp3) is 0.333. The Hall–Kier alpha value is -0.100. The number of hydrogen-bond donors (Lipinski definition) is 0. The summed E-state index contributed by atoms with van der Waals surface area (Å²) in [5.74, 6) is 0. The van der Waals surface area contributed by atoms with Gasteiger partial charge in [0, 0.05) is 23.9 Å². The van der Waals surface area contributed by atoms with E-state index >= 15 is 0 Å². The number of alkyl halides is 1. The second-order valence-corrected chi connectivity index (χ2v) is 6.25. The van der Waals surface area contributed by atoms with Crippen LogP contribution in [-0.2, 0) is 10.0 Å². The van der Waals surface area contributed by atoms with Crippen molar-refractivity contribution in [3.63, 3.8) is 0 Å². The van der Waals surface area contributed by atoms with Crippen LogP contribution in [0.2, 0.25) is 5.02 Å². The smallest absolute Gasteiger partial charge is 0.207 e. The van der Waals surface area contributed by atoms with Crippen molar-refractivity contribution in [3.8, 4) is 0 Å². The molecule has 1 aromatic carbocycles. The summed E-state index contributed by atoms with van der Waals surface area (Å²) in [6, 6.07) is 6.25. The lowest BCUT2D eigenvalue weighted by Gasteiger charge is -2.15. The van der Waals surface area contributed by atoms with E-state index in [-0.39, 0.29) is 4.90 Å². The first kappa shape index (κ1) is 13.0. The summed E-state index contributed by atoms with van der Waals surface area (Å²) in [6.45, 7) is 0.425. The maximum atomic E-state index is 11.9. The number of hydrogen-bond acceptors (Lipinski definition) is 2. The molecule has 0 aliphatic heterocycles. The first-order valence-corrected chi connectivity index (χ1v) is 7.20. The Morgan fingerprint density at radius 1 is 1.47 bits per heavy atom. The van der Waals surface area contributed by atoms with Gasteiger partial charge in [-0.1, -0.05) is 33.6 Å². The number of benzene rings is 1. The Labute approximate surface area is 103 Å². The fourth-order valence-electron chi connectivity index (χ4n) is 1.05. The van der Waals surface area contributed by atoms with Crippen molar-refractivity contribution in [2.75, 3.05) is 18.9 Å². The predicted octanol–water partition coefficient (Wildman–Crippen LogP) is 2.36. The van der Waals surface area contributed by atoms with Gasteiger partial charge in [-0.25, -0.2) is 12.7 Å². The Morgan fingerprint density at radius 3 is 2.67 bits per heavy atom. The van der Waals surface area contributed by atoms with Gasteiger partial charge in [-0.3, -0.25) is 0 Å². The molecule has 0 atom stereocenters. The van der Waals surface area contributed by atoms with E-state index in [1.807, 2.05) is 0 Å². The van der Waals surface area contributed by atoms with Crippen LogP contribution in [-0.4, -0.2) is 31.6 Å². The highest BCUT2D eigenvalue weighted by Gasteiger charge is 2.19. The highest BCUT2D eigenvalue weighted by Crippen LogP contribution is 2.18. The van der Waals surface area contributed by atoms with Crippen LogP contribution in [0.1, 0.15) is 0 Å². The molecule has 0 bridgehead atoms. The van der Waals surface area contributed by atoms with Crippen molar-refractivity contribution in [1.82, 2.24) is 4.31 Å². The van der Waals surface area contributed by atoms with E-state index in [4.69, 9.17) is 11.6 Å². The molecular weight excluding hydrogens is 302 g/mol. The quantitative estimate of drug-likeness (QED) is 0.800. The molecule has 84 valence electrons. The summed E-state index contributed by atoms with van der Waals surface area (Å²) >= 11 is 8.94. The lowest BCUT2D eigenvalue weighted by atomic mass is 10.4. The molecular formula is C9H11BrClNO2S. The van der Waals surface area contributed by atoms with Crippen molar-refractivity contribution in [3.05, 3.63) is 29.3 Å². The first-order chi connectivity index (χ1) is 6.98. The minimum atomic E-state index is -3.40. The number of rotatable bonds is 4. The molecule has 1 aromatic rings. The molecule has 0 aliphatic rings. The molecule has 0 saturated heterocycles. The summed E-state index contributed by atoms with van der Waals surface area (Å²) in [4.78, 5) is 0.221. The minimum absolute atomic E-state index is 0.221. The van der Waals surface area contributed by atoms with Gasteiger partial charge in [0.2, 0.25) is 10.0 Å². The number of sulfonamides is 1. The van der Waals surface area contributed by atoms with Gasteiger partial charge >= 0.3 is 0 Å². The third-order valence-electron chi connectivity index (χ3n) is 1.90. The summed E-state index contributed by atoms with van der Waals surface area (Å²) in [6.07, 6.45) is 0. The normalized spacial score (nSPS) is 12.0. The van der Waals surface area contributed by atoms with Crippen LogP contribution >= 0.6 is 27.5 Å². The molecule has 0 fully saturated rings.